The lowest BCUT2D eigenvalue weighted by molar-refractivity contribution is 0.271. The number of nitrogens with one attached hydrogen (secondary N) is 1. The van der Waals surface area contributed by atoms with E-state index in [1.807, 2.05) is 13.0 Å². The molecule has 96 valence electrons. The molecule has 3 nitrogen and oxygen atoms in total. The lowest BCUT2D eigenvalue weighted by Gasteiger charge is -2.30. The Balaban J connectivity index is 2.65. The lowest BCUT2D eigenvalue weighted by atomic mass is 9.92. The van der Waals surface area contributed by atoms with Gasteiger partial charge in [0.05, 0.1) is 0 Å². The Morgan fingerprint density at radius 3 is 2.71 bits per heavy atom. The van der Waals surface area contributed by atoms with Crippen molar-refractivity contribution in [3.8, 4) is 0 Å². The normalized spacial score (nSPS) is 14.6. The first kappa shape index (κ1) is 14.1. The fourth-order valence-electron chi connectivity index (χ4n) is 1.74. The van der Waals surface area contributed by atoms with Crippen LogP contribution in [0.1, 0.15) is 18.9 Å². The van der Waals surface area contributed by atoms with Crippen LogP contribution >= 0.6 is 0 Å². The summed E-state index contributed by atoms with van der Waals surface area (Å²) in [6.07, 6.45) is 1.22. The molecular formula is C13H21FN2O. The Morgan fingerprint density at radius 1 is 1.41 bits per heavy atom. The number of aliphatic hydroxyl groups excluding tert-OH is 1. The second-order valence-corrected chi connectivity index (χ2v) is 4.54. The summed E-state index contributed by atoms with van der Waals surface area (Å²) in [5.41, 5.74) is 6.07. The Morgan fingerprint density at radius 2 is 2.12 bits per heavy atom. The average molecular weight is 240 g/mol. The Bertz CT molecular complexity index is 346. The number of benzene rings is 1. The van der Waals surface area contributed by atoms with E-state index in [4.69, 9.17) is 10.8 Å². The lowest BCUT2D eigenvalue weighted by Crippen LogP contribution is -2.51. The van der Waals surface area contributed by atoms with Gasteiger partial charge in [-0.05, 0) is 37.9 Å². The monoisotopic (exact) mass is 240 g/mol. The van der Waals surface area contributed by atoms with Gasteiger partial charge in [-0.3, -0.25) is 0 Å². The van der Waals surface area contributed by atoms with Crippen molar-refractivity contribution in [1.29, 1.82) is 0 Å². The summed E-state index contributed by atoms with van der Waals surface area (Å²) in [6.45, 7) is 3.22. The molecule has 4 heteroatoms. The number of aliphatic hydroxyl groups is 1. The SMILES string of the molecule is CC(CN)(Cc1ccccc1F)NCCCO. The fourth-order valence-corrected chi connectivity index (χ4v) is 1.74. The second kappa shape index (κ2) is 6.69. The highest BCUT2D eigenvalue weighted by Crippen LogP contribution is 2.15. The molecular weight excluding hydrogens is 219 g/mol. The predicted molar refractivity (Wildman–Crippen MR) is 67.3 cm³/mol. The molecule has 1 aromatic rings. The minimum absolute atomic E-state index is 0.146. The van der Waals surface area contributed by atoms with E-state index in [0.29, 0.717) is 31.5 Å². The first-order valence-corrected chi connectivity index (χ1v) is 5.91. The Kier molecular flexibility index (Phi) is 5.55. The van der Waals surface area contributed by atoms with Crippen molar-refractivity contribution in [3.05, 3.63) is 35.6 Å². The third kappa shape index (κ3) is 4.42. The van der Waals surface area contributed by atoms with Crippen molar-refractivity contribution in [1.82, 2.24) is 5.32 Å². The molecule has 0 aliphatic rings. The van der Waals surface area contributed by atoms with Crippen LogP contribution in [0.25, 0.3) is 0 Å². The number of rotatable bonds is 7. The van der Waals surface area contributed by atoms with Gasteiger partial charge < -0.3 is 16.2 Å². The molecule has 0 heterocycles. The van der Waals surface area contributed by atoms with E-state index in [-0.39, 0.29) is 18.0 Å². The topological polar surface area (TPSA) is 58.3 Å². The zero-order valence-corrected chi connectivity index (χ0v) is 10.2. The van der Waals surface area contributed by atoms with Crippen molar-refractivity contribution >= 4 is 0 Å². The summed E-state index contributed by atoms with van der Waals surface area (Å²) < 4.78 is 13.5. The van der Waals surface area contributed by atoms with Crippen LogP contribution in [0.2, 0.25) is 0 Å². The molecule has 0 spiro atoms. The van der Waals surface area contributed by atoms with E-state index >= 15 is 0 Å². The average Bonchev–Trinajstić information content (AvgIpc) is 2.33. The number of hydrogen-bond donors (Lipinski definition) is 3. The molecule has 0 saturated carbocycles. The number of halogens is 1. The summed E-state index contributed by atoms with van der Waals surface area (Å²) in [6, 6.07) is 6.73. The van der Waals surface area contributed by atoms with Crippen molar-refractivity contribution in [2.24, 2.45) is 5.73 Å². The van der Waals surface area contributed by atoms with Gasteiger partial charge in [0.1, 0.15) is 5.82 Å². The van der Waals surface area contributed by atoms with Crippen molar-refractivity contribution in [3.63, 3.8) is 0 Å². The van der Waals surface area contributed by atoms with Crippen LogP contribution in [-0.2, 0) is 6.42 Å². The maximum atomic E-state index is 13.5. The molecule has 0 aromatic heterocycles. The van der Waals surface area contributed by atoms with Crippen LogP contribution in [0, 0.1) is 5.82 Å². The standard InChI is InChI=1S/C13H21FN2O/c1-13(10-15,16-7-4-8-17)9-11-5-2-3-6-12(11)14/h2-3,5-6,16-17H,4,7-10,15H2,1H3. The molecule has 0 bridgehead atoms. The maximum Gasteiger partial charge on any atom is 0.126 e. The van der Waals surface area contributed by atoms with Gasteiger partial charge in [0.2, 0.25) is 0 Å². The fraction of sp³-hybridized carbons (Fsp3) is 0.538. The van der Waals surface area contributed by atoms with Gasteiger partial charge >= 0.3 is 0 Å². The molecule has 1 rings (SSSR count). The molecule has 0 saturated heterocycles. The van der Waals surface area contributed by atoms with E-state index in [9.17, 15) is 4.39 Å². The third-order valence-electron chi connectivity index (χ3n) is 2.88. The first-order valence-electron chi connectivity index (χ1n) is 5.91. The van der Waals surface area contributed by atoms with Gasteiger partial charge in [0.15, 0.2) is 0 Å². The van der Waals surface area contributed by atoms with Gasteiger partial charge in [-0.1, -0.05) is 18.2 Å². The van der Waals surface area contributed by atoms with Crippen LogP contribution in [-0.4, -0.2) is 30.3 Å². The molecule has 1 unspecified atom stereocenters. The molecule has 4 N–H and O–H groups in total. The second-order valence-electron chi connectivity index (χ2n) is 4.54. The quantitative estimate of drug-likeness (QED) is 0.625. The number of nitrogens with two attached hydrogens (primary N) is 1. The van der Waals surface area contributed by atoms with Gasteiger partial charge in [-0.25, -0.2) is 4.39 Å². The highest BCUT2D eigenvalue weighted by molar-refractivity contribution is 5.20. The zero-order chi connectivity index (χ0) is 12.7. The van der Waals surface area contributed by atoms with Gasteiger partial charge in [0, 0.05) is 18.7 Å². The third-order valence-corrected chi connectivity index (χ3v) is 2.88. The van der Waals surface area contributed by atoms with E-state index < -0.39 is 0 Å². The van der Waals surface area contributed by atoms with E-state index in [2.05, 4.69) is 5.32 Å². The predicted octanol–water partition coefficient (Wildman–Crippen LogP) is 1.06. The minimum Gasteiger partial charge on any atom is -0.396 e. The first-order chi connectivity index (χ1) is 8.11. The molecule has 1 atom stereocenters. The number of hydrogen-bond acceptors (Lipinski definition) is 3. The van der Waals surface area contributed by atoms with Crippen LogP contribution in [0.3, 0.4) is 0 Å². The van der Waals surface area contributed by atoms with E-state index in [1.54, 1.807) is 12.1 Å². The summed E-state index contributed by atoms with van der Waals surface area (Å²) in [5, 5.41) is 12.0. The van der Waals surface area contributed by atoms with Crippen molar-refractivity contribution in [2.45, 2.75) is 25.3 Å². The summed E-state index contributed by atoms with van der Waals surface area (Å²) in [7, 11) is 0. The molecule has 17 heavy (non-hydrogen) atoms. The van der Waals surface area contributed by atoms with Gasteiger partial charge in [0.25, 0.3) is 0 Å². The highest BCUT2D eigenvalue weighted by Gasteiger charge is 2.23. The summed E-state index contributed by atoms with van der Waals surface area (Å²) in [4.78, 5) is 0. The summed E-state index contributed by atoms with van der Waals surface area (Å²) >= 11 is 0. The zero-order valence-electron chi connectivity index (χ0n) is 10.2. The molecule has 0 fully saturated rings. The molecule has 0 amide bonds. The highest BCUT2D eigenvalue weighted by atomic mass is 19.1. The maximum absolute atomic E-state index is 13.5. The Labute approximate surface area is 102 Å². The van der Waals surface area contributed by atoms with Crippen LogP contribution in [0.15, 0.2) is 24.3 Å². The summed E-state index contributed by atoms with van der Waals surface area (Å²) in [5.74, 6) is -0.198. The van der Waals surface area contributed by atoms with E-state index in [0.717, 1.165) is 0 Å². The van der Waals surface area contributed by atoms with Crippen molar-refractivity contribution < 1.29 is 9.50 Å². The molecule has 0 aliphatic carbocycles. The van der Waals surface area contributed by atoms with Crippen LogP contribution in [0.5, 0.6) is 0 Å². The molecule has 1 aromatic carbocycles. The van der Waals surface area contributed by atoms with Crippen LogP contribution < -0.4 is 11.1 Å². The van der Waals surface area contributed by atoms with E-state index in [1.165, 1.54) is 6.07 Å². The van der Waals surface area contributed by atoms with Crippen molar-refractivity contribution in [2.75, 3.05) is 19.7 Å². The largest absolute Gasteiger partial charge is 0.396 e. The van der Waals surface area contributed by atoms with Crippen LogP contribution in [0.4, 0.5) is 4.39 Å². The molecule has 0 aliphatic heterocycles. The minimum atomic E-state index is -0.336. The molecule has 0 radical (unpaired) electrons. The van der Waals surface area contributed by atoms with Gasteiger partial charge in [-0.15, -0.1) is 0 Å². The Hall–Kier alpha value is -0.970. The van der Waals surface area contributed by atoms with Gasteiger partial charge in [-0.2, -0.15) is 0 Å². The smallest absolute Gasteiger partial charge is 0.126 e.